The number of hydrogen-bond donors (Lipinski definition) is 2. The summed E-state index contributed by atoms with van der Waals surface area (Å²) in [4.78, 5) is 4.26. The lowest BCUT2D eigenvalue weighted by atomic mass is 10.2. The van der Waals surface area contributed by atoms with Crippen molar-refractivity contribution in [1.82, 2.24) is 25.4 Å². The van der Waals surface area contributed by atoms with Crippen LogP contribution < -0.4 is 20.1 Å². The van der Waals surface area contributed by atoms with Gasteiger partial charge in [-0.25, -0.2) is 0 Å². The number of nitrogens with one attached hydrogen (secondary N) is 2. The number of benzene rings is 1. The Hall–Kier alpha value is -2.04. The predicted molar refractivity (Wildman–Crippen MR) is 125 cm³/mol. The largest absolute Gasteiger partial charge is 0.497 e. The number of aliphatic imine (C=N–C) groups is 1. The van der Waals surface area contributed by atoms with Crippen molar-refractivity contribution in [3.8, 4) is 11.5 Å². The van der Waals surface area contributed by atoms with E-state index in [1.165, 1.54) is 19.3 Å². The van der Waals surface area contributed by atoms with E-state index in [2.05, 4.69) is 30.4 Å². The zero-order chi connectivity index (χ0) is 19.6. The molecule has 2 N–H and O–H groups in total. The van der Waals surface area contributed by atoms with E-state index >= 15 is 0 Å². The number of halogens is 1. The average Bonchev–Trinajstić information content (AvgIpc) is 2.96. The van der Waals surface area contributed by atoms with Crippen molar-refractivity contribution in [2.24, 2.45) is 4.99 Å². The minimum atomic E-state index is 0. The summed E-state index contributed by atoms with van der Waals surface area (Å²) in [7, 11) is 3.42. The number of rotatable bonds is 8. The van der Waals surface area contributed by atoms with Gasteiger partial charge in [0.05, 0.1) is 13.7 Å². The van der Waals surface area contributed by atoms with Crippen LogP contribution in [0.1, 0.15) is 30.9 Å². The van der Waals surface area contributed by atoms with Crippen LogP contribution in [0, 0.1) is 0 Å². The SMILES string of the molecule is CN=C(NCCOc1ccc(OC)cc1)NCCc1nnc2n1CCCCC2.I. The molecule has 0 aliphatic carbocycles. The third-order valence-electron chi connectivity index (χ3n) is 4.77. The molecule has 1 aromatic carbocycles. The first-order valence-corrected chi connectivity index (χ1v) is 9.92. The number of guanidine groups is 1. The summed E-state index contributed by atoms with van der Waals surface area (Å²) in [5.74, 6) is 4.58. The maximum atomic E-state index is 5.72. The lowest BCUT2D eigenvalue weighted by Gasteiger charge is -2.13. The number of fused-ring (bicyclic) bond motifs is 1. The molecule has 0 atom stereocenters. The third-order valence-corrected chi connectivity index (χ3v) is 4.77. The summed E-state index contributed by atoms with van der Waals surface area (Å²) in [6.45, 7) is 3.00. The fourth-order valence-electron chi connectivity index (χ4n) is 3.25. The second-order valence-electron chi connectivity index (χ2n) is 6.69. The molecule has 0 radical (unpaired) electrons. The second kappa shape index (κ2) is 12.5. The first-order chi connectivity index (χ1) is 13.8. The van der Waals surface area contributed by atoms with Gasteiger partial charge in [-0.3, -0.25) is 4.99 Å². The van der Waals surface area contributed by atoms with Crippen molar-refractivity contribution >= 4 is 29.9 Å². The standard InChI is InChI=1S/C20H30N6O2.HI/c1-21-20(23-13-15-28-17-9-7-16(27-2)8-10-17)22-12-11-19-25-24-18-6-4-3-5-14-26(18)19;/h7-10H,3-6,11-15H2,1-2H3,(H2,21,22,23);1H. The summed E-state index contributed by atoms with van der Waals surface area (Å²) < 4.78 is 13.1. The Morgan fingerprint density at radius 3 is 2.59 bits per heavy atom. The molecule has 2 aromatic rings. The first kappa shape index (κ1) is 23.2. The van der Waals surface area contributed by atoms with Crippen LogP contribution in [0.3, 0.4) is 0 Å². The van der Waals surface area contributed by atoms with Gasteiger partial charge < -0.3 is 24.7 Å². The molecule has 1 aromatic heterocycles. The summed E-state index contributed by atoms with van der Waals surface area (Å²) in [6.07, 6.45) is 5.57. The van der Waals surface area contributed by atoms with E-state index in [4.69, 9.17) is 9.47 Å². The van der Waals surface area contributed by atoms with Gasteiger partial charge in [-0.15, -0.1) is 34.2 Å². The monoisotopic (exact) mass is 514 g/mol. The van der Waals surface area contributed by atoms with Crippen LogP contribution in [0.2, 0.25) is 0 Å². The molecule has 160 valence electrons. The van der Waals surface area contributed by atoms with E-state index in [1.54, 1.807) is 14.2 Å². The van der Waals surface area contributed by atoms with E-state index in [9.17, 15) is 0 Å². The average molecular weight is 514 g/mol. The van der Waals surface area contributed by atoms with Gasteiger partial charge in [-0.2, -0.15) is 0 Å². The summed E-state index contributed by atoms with van der Waals surface area (Å²) in [5, 5.41) is 15.3. The van der Waals surface area contributed by atoms with E-state index in [-0.39, 0.29) is 24.0 Å². The molecule has 3 rings (SSSR count). The molecule has 2 heterocycles. The summed E-state index contributed by atoms with van der Waals surface area (Å²) in [6, 6.07) is 7.56. The van der Waals surface area contributed by atoms with Crippen molar-refractivity contribution in [2.45, 2.75) is 38.6 Å². The minimum Gasteiger partial charge on any atom is -0.497 e. The Labute approximate surface area is 189 Å². The fraction of sp³-hybridized carbons (Fsp3) is 0.550. The van der Waals surface area contributed by atoms with Crippen LogP contribution in [-0.4, -0.2) is 54.6 Å². The summed E-state index contributed by atoms with van der Waals surface area (Å²) in [5.41, 5.74) is 0. The highest BCUT2D eigenvalue weighted by atomic mass is 127. The number of methoxy groups -OCH3 is 1. The van der Waals surface area contributed by atoms with Crippen LogP contribution >= 0.6 is 24.0 Å². The van der Waals surface area contributed by atoms with Crippen molar-refractivity contribution in [3.63, 3.8) is 0 Å². The van der Waals surface area contributed by atoms with E-state index in [0.717, 1.165) is 55.0 Å². The maximum Gasteiger partial charge on any atom is 0.191 e. The second-order valence-corrected chi connectivity index (χ2v) is 6.69. The van der Waals surface area contributed by atoms with Crippen LogP contribution in [0.4, 0.5) is 0 Å². The lowest BCUT2D eigenvalue weighted by molar-refractivity contribution is 0.321. The molecule has 1 aliphatic rings. The number of aromatic nitrogens is 3. The van der Waals surface area contributed by atoms with Gasteiger partial charge in [0.15, 0.2) is 5.96 Å². The van der Waals surface area contributed by atoms with Crippen molar-refractivity contribution in [1.29, 1.82) is 0 Å². The van der Waals surface area contributed by atoms with Gasteiger partial charge in [-0.1, -0.05) is 6.42 Å². The normalized spacial score (nSPS) is 13.7. The third kappa shape index (κ3) is 7.06. The van der Waals surface area contributed by atoms with Gasteiger partial charge in [-0.05, 0) is 37.1 Å². The van der Waals surface area contributed by atoms with Gasteiger partial charge in [0.25, 0.3) is 0 Å². The van der Waals surface area contributed by atoms with Crippen LogP contribution in [0.5, 0.6) is 11.5 Å². The Kier molecular flexibility index (Phi) is 10.0. The molecular weight excluding hydrogens is 483 g/mol. The molecule has 0 amide bonds. The van der Waals surface area contributed by atoms with E-state index in [0.29, 0.717) is 13.2 Å². The van der Waals surface area contributed by atoms with Gasteiger partial charge in [0.2, 0.25) is 0 Å². The van der Waals surface area contributed by atoms with Crippen LogP contribution in [0.15, 0.2) is 29.3 Å². The van der Waals surface area contributed by atoms with E-state index in [1.807, 2.05) is 24.3 Å². The molecule has 0 spiro atoms. The topological polar surface area (TPSA) is 85.6 Å². The van der Waals surface area contributed by atoms with Gasteiger partial charge in [0, 0.05) is 33.0 Å². The highest BCUT2D eigenvalue weighted by Gasteiger charge is 2.14. The number of aryl methyl sites for hydroxylation is 1. The molecular formula is C20H31IN6O2. The molecule has 0 fully saturated rings. The zero-order valence-corrected chi connectivity index (χ0v) is 19.5. The Morgan fingerprint density at radius 2 is 1.83 bits per heavy atom. The first-order valence-electron chi connectivity index (χ1n) is 9.92. The van der Waals surface area contributed by atoms with Gasteiger partial charge >= 0.3 is 0 Å². The Morgan fingerprint density at radius 1 is 1.07 bits per heavy atom. The Bertz CT molecular complexity index is 763. The van der Waals surface area contributed by atoms with Crippen molar-refractivity contribution < 1.29 is 9.47 Å². The highest BCUT2D eigenvalue weighted by Crippen LogP contribution is 2.16. The van der Waals surface area contributed by atoms with E-state index < -0.39 is 0 Å². The zero-order valence-electron chi connectivity index (χ0n) is 17.2. The highest BCUT2D eigenvalue weighted by molar-refractivity contribution is 14.0. The quantitative estimate of drug-likeness (QED) is 0.244. The molecule has 1 aliphatic heterocycles. The fourth-order valence-corrected chi connectivity index (χ4v) is 3.25. The van der Waals surface area contributed by atoms with Crippen LogP contribution in [-0.2, 0) is 19.4 Å². The number of ether oxygens (including phenoxy) is 2. The molecule has 0 saturated carbocycles. The molecule has 0 saturated heterocycles. The number of nitrogens with zero attached hydrogens (tertiary/aromatic N) is 4. The molecule has 29 heavy (non-hydrogen) atoms. The van der Waals surface area contributed by atoms with Crippen LogP contribution in [0.25, 0.3) is 0 Å². The van der Waals surface area contributed by atoms with Crippen molar-refractivity contribution in [2.75, 3.05) is 33.9 Å². The predicted octanol–water partition coefficient (Wildman–Crippen LogP) is 2.42. The Balaban J connectivity index is 0.00000300. The summed E-state index contributed by atoms with van der Waals surface area (Å²) >= 11 is 0. The smallest absolute Gasteiger partial charge is 0.191 e. The molecule has 0 unspecified atom stereocenters. The molecule has 9 heteroatoms. The van der Waals surface area contributed by atoms with Gasteiger partial charge in [0.1, 0.15) is 29.8 Å². The van der Waals surface area contributed by atoms with Crippen molar-refractivity contribution in [3.05, 3.63) is 35.9 Å². The minimum absolute atomic E-state index is 0. The lowest BCUT2D eigenvalue weighted by Crippen LogP contribution is -2.40. The molecule has 0 bridgehead atoms. The molecule has 8 nitrogen and oxygen atoms in total. The maximum absolute atomic E-state index is 5.72. The number of hydrogen-bond acceptors (Lipinski definition) is 5.